The Labute approximate surface area is 161 Å². The van der Waals surface area contributed by atoms with E-state index in [9.17, 15) is 0 Å². The molecule has 0 fully saturated rings. The van der Waals surface area contributed by atoms with Crippen molar-refractivity contribution in [3.8, 4) is 0 Å². The molecule has 27 heavy (non-hydrogen) atoms. The average molecular weight is 372 g/mol. The zero-order valence-electron chi connectivity index (χ0n) is 15.7. The van der Waals surface area contributed by atoms with Crippen LogP contribution in [0.1, 0.15) is 17.0 Å². The minimum absolute atomic E-state index is 0.909. The maximum absolute atomic E-state index is 5.52. The fourth-order valence-corrected chi connectivity index (χ4v) is 8.14. The molecule has 0 aliphatic heterocycles. The van der Waals surface area contributed by atoms with E-state index < -0.39 is 7.26 Å². The van der Waals surface area contributed by atoms with Crippen LogP contribution in [0, 0.1) is 13.8 Å². The molecule has 1 heterocycles. The standard InChI is InChI=1S/C24H23NOP/c1-19-24(20(2)26-25-19)18-27(21-12-6-3-7-13-21,22-14-8-4-9-15-22)23-16-10-5-11-17-23/h3-17H,18H2,1-2H3/q+1. The SMILES string of the molecule is Cc1noc(C)c1C[P+](c1ccccc1)(c1ccccc1)c1ccccc1. The Balaban J connectivity index is 2.03. The van der Waals surface area contributed by atoms with E-state index >= 15 is 0 Å². The lowest BCUT2D eigenvalue weighted by Crippen LogP contribution is -2.32. The maximum atomic E-state index is 5.52. The summed E-state index contributed by atoms with van der Waals surface area (Å²) in [5, 5.41) is 8.36. The van der Waals surface area contributed by atoms with Gasteiger partial charge in [-0.05, 0) is 50.2 Å². The minimum Gasteiger partial charge on any atom is -0.361 e. The molecule has 0 unspecified atom stereocenters. The lowest BCUT2D eigenvalue weighted by Gasteiger charge is -2.27. The summed E-state index contributed by atoms with van der Waals surface area (Å²) in [6, 6.07) is 32.7. The fourth-order valence-electron chi connectivity index (χ4n) is 3.73. The third kappa shape index (κ3) is 3.22. The number of benzene rings is 3. The molecule has 0 bridgehead atoms. The first-order valence-electron chi connectivity index (χ1n) is 9.18. The summed E-state index contributed by atoms with van der Waals surface area (Å²) >= 11 is 0. The van der Waals surface area contributed by atoms with Crippen LogP contribution in [-0.4, -0.2) is 5.16 Å². The van der Waals surface area contributed by atoms with Gasteiger partial charge in [0.1, 0.15) is 35.1 Å². The van der Waals surface area contributed by atoms with Crippen LogP contribution in [0.25, 0.3) is 0 Å². The van der Waals surface area contributed by atoms with Crippen LogP contribution in [0.3, 0.4) is 0 Å². The highest BCUT2D eigenvalue weighted by molar-refractivity contribution is 7.95. The fraction of sp³-hybridized carbons (Fsp3) is 0.125. The lowest BCUT2D eigenvalue weighted by molar-refractivity contribution is 0.392. The highest BCUT2D eigenvalue weighted by atomic mass is 31.2. The molecular formula is C24H23NOP+. The molecule has 3 aromatic carbocycles. The molecule has 134 valence electrons. The first-order valence-corrected chi connectivity index (χ1v) is 11.2. The van der Waals surface area contributed by atoms with Crippen molar-refractivity contribution in [3.05, 3.63) is 108 Å². The molecule has 0 spiro atoms. The van der Waals surface area contributed by atoms with E-state index in [4.69, 9.17) is 4.52 Å². The van der Waals surface area contributed by atoms with Crippen LogP contribution in [0.4, 0.5) is 0 Å². The molecule has 0 amide bonds. The van der Waals surface area contributed by atoms with Gasteiger partial charge >= 0.3 is 0 Å². The van der Waals surface area contributed by atoms with Crippen molar-refractivity contribution in [2.24, 2.45) is 0 Å². The second-order valence-corrected chi connectivity index (χ2v) is 10.3. The molecule has 4 rings (SSSR count). The number of nitrogens with zero attached hydrogens (tertiary/aromatic N) is 1. The Morgan fingerprint density at radius 3 is 1.41 bits per heavy atom. The smallest absolute Gasteiger partial charge is 0.140 e. The van der Waals surface area contributed by atoms with Crippen LogP contribution < -0.4 is 15.9 Å². The third-order valence-electron chi connectivity index (χ3n) is 5.17. The van der Waals surface area contributed by atoms with E-state index in [2.05, 4.69) is 96.2 Å². The number of aromatic nitrogens is 1. The summed E-state index contributed by atoms with van der Waals surface area (Å²) in [4.78, 5) is 0. The zero-order chi connectivity index (χ0) is 18.7. The minimum atomic E-state index is -1.90. The summed E-state index contributed by atoms with van der Waals surface area (Å²) in [5.41, 5.74) is 2.21. The van der Waals surface area contributed by atoms with Crippen molar-refractivity contribution in [2.75, 3.05) is 0 Å². The van der Waals surface area contributed by atoms with Crippen molar-refractivity contribution < 1.29 is 4.52 Å². The van der Waals surface area contributed by atoms with Crippen LogP contribution in [0.15, 0.2) is 95.5 Å². The molecule has 0 N–H and O–H groups in total. The maximum Gasteiger partial charge on any atom is 0.140 e. The molecule has 0 saturated heterocycles. The third-order valence-corrected chi connectivity index (χ3v) is 9.50. The molecule has 1 aromatic heterocycles. The van der Waals surface area contributed by atoms with E-state index in [-0.39, 0.29) is 0 Å². The van der Waals surface area contributed by atoms with Crippen molar-refractivity contribution in [1.29, 1.82) is 0 Å². The first kappa shape index (κ1) is 17.7. The monoisotopic (exact) mass is 372 g/mol. The quantitative estimate of drug-likeness (QED) is 0.471. The van der Waals surface area contributed by atoms with Gasteiger partial charge in [0.05, 0.1) is 11.3 Å². The number of hydrogen-bond acceptors (Lipinski definition) is 2. The normalized spacial score (nSPS) is 11.5. The van der Waals surface area contributed by atoms with Gasteiger partial charge in [-0.2, -0.15) is 0 Å². The predicted octanol–water partition coefficient (Wildman–Crippen LogP) is 4.79. The van der Waals surface area contributed by atoms with E-state index in [1.807, 2.05) is 13.8 Å². The van der Waals surface area contributed by atoms with Crippen LogP contribution >= 0.6 is 7.26 Å². The lowest BCUT2D eigenvalue weighted by atomic mass is 10.2. The first-order chi connectivity index (χ1) is 13.2. The van der Waals surface area contributed by atoms with Gasteiger partial charge in [0.2, 0.25) is 0 Å². The topological polar surface area (TPSA) is 26.0 Å². The Bertz CT molecular complexity index is 894. The second-order valence-electron chi connectivity index (χ2n) is 6.78. The Morgan fingerprint density at radius 2 is 1.07 bits per heavy atom. The van der Waals surface area contributed by atoms with Crippen LogP contribution in [0.5, 0.6) is 0 Å². The number of rotatable bonds is 5. The second kappa shape index (κ2) is 7.50. The molecule has 3 heteroatoms. The Morgan fingerprint density at radius 1 is 0.667 bits per heavy atom. The van der Waals surface area contributed by atoms with Crippen molar-refractivity contribution in [1.82, 2.24) is 5.16 Å². The van der Waals surface area contributed by atoms with E-state index in [1.165, 1.54) is 21.5 Å². The van der Waals surface area contributed by atoms with Gasteiger partial charge in [-0.1, -0.05) is 59.8 Å². The largest absolute Gasteiger partial charge is 0.361 e. The van der Waals surface area contributed by atoms with Gasteiger partial charge in [-0.15, -0.1) is 0 Å². The van der Waals surface area contributed by atoms with E-state index in [1.54, 1.807) is 0 Å². The van der Waals surface area contributed by atoms with Crippen LogP contribution in [-0.2, 0) is 6.16 Å². The zero-order valence-corrected chi connectivity index (χ0v) is 16.6. The van der Waals surface area contributed by atoms with Crippen molar-refractivity contribution >= 4 is 23.2 Å². The van der Waals surface area contributed by atoms with Gasteiger partial charge < -0.3 is 4.52 Å². The van der Waals surface area contributed by atoms with Crippen molar-refractivity contribution in [3.63, 3.8) is 0 Å². The predicted molar refractivity (Wildman–Crippen MR) is 115 cm³/mol. The number of hydrogen-bond donors (Lipinski definition) is 0. The van der Waals surface area contributed by atoms with Gasteiger partial charge in [-0.3, -0.25) is 0 Å². The highest BCUT2D eigenvalue weighted by Crippen LogP contribution is 2.58. The molecule has 0 radical (unpaired) electrons. The molecule has 4 aromatic rings. The Hall–Kier alpha value is -2.70. The molecule has 2 nitrogen and oxygen atoms in total. The molecule has 0 aliphatic rings. The highest BCUT2D eigenvalue weighted by Gasteiger charge is 2.46. The molecule has 0 aliphatic carbocycles. The summed E-state index contributed by atoms with van der Waals surface area (Å²) in [7, 11) is -1.90. The van der Waals surface area contributed by atoms with Gasteiger partial charge in [-0.25, -0.2) is 0 Å². The van der Waals surface area contributed by atoms with E-state index in [0.29, 0.717) is 0 Å². The average Bonchev–Trinajstić information content (AvgIpc) is 3.05. The summed E-state index contributed by atoms with van der Waals surface area (Å²) < 4.78 is 5.52. The summed E-state index contributed by atoms with van der Waals surface area (Å²) in [6.07, 6.45) is 0.909. The van der Waals surface area contributed by atoms with Gasteiger partial charge in [0.25, 0.3) is 0 Å². The van der Waals surface area contributed by atoms with Crippen molar-refractivity contribution in [2.45, 2.75) is 20.0 Å². The summed E-state index contributed by atoms with van der Waals surface area (Å²) in [6.45, 7) is 4.06. The summed E-state index contributed by atoms with van der Waals surface area (Å²) in [5.74, 6) is 0.916. The molecular weight excluding hydrogens is 349 g/mol. The van der Waals surface area contributed by atoms with Crippen LogP contribution in [0.2, 0.25) is 0 Å². The van der Waals surface area contributed by atoms with Gasteiger partial charge in [0.15, 0.2) is 0 Å². The van der Waals surface area contributed by atoms with Gasteiger partial charge in [0, 0.05) is 0 Å². The molecule has 0 atom stereocenters. The molecule has 0 saturated carbocycles. The number of aryl methyl sites for hydroxylation is 2. The Kier molecular flexibility index (Phi) is 4.92. The van der Waals surface area contributed by atoms with E-state index in [0.717, 1.165) is 17.6 Å².